The minimum Gasteiger partial charge on any atom is -0.208 e. The summed E-state index contributed by atoms with van der Waals surface area (Å²) in [6.45, 7) is 4.71. The molecule has 12 rings (SSSR count). The van der Waals surface area contributed by atoms with Gasteiger partial charge in [0.25, 0.3) is 0 Å². The monoisotopic (exact) mass is 731 g/mol. The molecule has 0 radical (unpaired) electrons. The van der Waals surface area contributed by atoms with Crippen molar-refractivity contribution >= 4 is 63.8 Å². The molecule has 0 saturated carbocycles. The quantitative estimate of drug-likeness (QED) is 0.169. The summed E-state index contributed by atoms with van der Waals surface area (Å²) in [6.07, 6.45) is 0. The van der Waals surface area contributed by atoms with Gasteiger partial charge in [-0.1, -0.05) is 153 Å². The van der Waals surface area contributed by atoms with E-state index in [9.17, 15) is 0 Å². The highest BCUT2D eigenvalue weighted by atomic mass is 32.1. The Kier molecular flexibility index (Phi) is 6.56. The molecule has 0 N–H and O–H groups in total. The normalized spacial score (nSPS) is 13.3. The van der Waals surface area contributed by atoms with E-state index in [0.29, 0.717) is 17.5 Å². The molecule has 0 spiro atoms. The molecule has 3 nitrogen and oxygen atoms in total. The Morgan fingerprint density at radius 2 is 1.05 bits per heavy atom. The molecule has 0 bridgehead atoms. The number of hydrogen-bond donors (Lipinski definition) is 0. The third-order valence-electron chi connectivity index (χ3n) is 12.1. The Balaban J connectivity index is 1.01. The van der Waals surface area contributed by atoms with Crippen molar-refractivity contribution in [3.05, 3.63) is 175 Å². The molecule has 0 amide bonds. The van der Waals surface area contributed by atoms with E-state index < -0.39 is 0 Å². The zero-order valence-electron chi connectivity index (χ0n) is 30.8. The van der Waals surface area contributed by atoms with Crippen molar-refractivity contribution in [2.45, 2.75) is 19.3 Å². The predicted molar refractivity (Wildman–Crippen MR) is 236 cm³/mol. The minimum absolute atomic E-state index is 0.181. The van der Waals surface area contributed by atoms with Crippen LogP contribution in [0.5, 0.6) is 0 Å². The van der Waals surface area contributed by atoms with Crippen LogP contribution >= 0.6 is 11.3 Å². The lowest BCUT2D eigenvalue weighted by atomic mass is 9.81. The topological polar surface area (TPSA) is 38.7 Å². The number of thiophene rings is 1. The van der Waals surface area contributed by atoms with Crippen LogP contribution in [0.2, 0.25) is 0 Å². The van der Waals surface area contributed by atoms with E-state index in [2.05, 4.69) is 159 Å². The number of aromatic nitrogens is 3. The van der Waals surface area contributed by atoms with Gasteiger partial charge in [-0.2, -0.15) is 0 Å². The summed E-state index contributed by atoms with van der Waals surface area (Å²) in [5, 5.41) is 10.3. The van der Waals surface area contributed by atoms with Gasteiger partial charge in [-0.15, -0.1) is 11.3 Å². The summed E-state index contributed by atoms with van der Waals surface area (Å²) >= 11 is 1.80. The molecule has 0 unspecified atom stereocenters. The van der Waals surface area contributed by atoms with Gasteiger partial charge in [0, 0.05) is 42.3 Å². The van der Waals surface area contributed by atoms with Crippen molar-refractivity contribution in [1.82, 2.24) is 15.0 Å². The Hall–Kier alpha value is -6.75. The number of benzene rings is 9. The van der Waals surface area contributed by atoms with Crippen molar-refractivity contribution in [1.29, 1.82) is 0 Å². The molecule has 1 aliphatic rings. The van der Waals surface area contributed by atoms with Gasteiger partial charge in [-0.25, -0.2) is 15.0 Å². The minimum atomic E-state index is -0.181. The second kappa shape index (κ2) is 11.6. The first-order chi connectivity index (χ1) is 27.5. The van der Waals surface area contributed by atoms with Crippen LogP contribution in [0.1, 0.15) is 25.0 Å². The van der Waals surface area contributed by atoms with E-state index in [1.807, 2.05) is 18.2 Å². The first kappa shape index (κ1) is 31.6. The number of fused-ring (bicyclic) bond motifs is 6. The van der Waals surface area contributed by atoms with Crippen molar-refractivity contribution in [3.8, 4) is 56.4 Å². The third kappa shape index (κ3) is 4.54. The van der Waals surface area contributed by atoms with Crippen LogP contribution in [0.4, 0.5) is 0 Å². The molecule has 56 heavy (non-hydrogen) atoms. The zero-order valence-corrected chi connectivity index (χ0v) is 31.7. The van der Waals surface area contributed by atoms with Gasteiger partial charge in [0.1, 0.15) is 0 Å². The Morgan fingerprint density at radius 3 is 1.91 bits per heavy atom. The predicted octanol–water partition coefficient (Wildman–Crippen LogP) is 14.1. The second-order valence-corrected chi connectivity index (χ2v) is 16.6. The van der Waals surface area contributed by atoms with Gasteiger partial charge in [0.15, 0.2) is 17.5 Å². The number of nitrogens with zero attached hydrogens (tertiary/aromatic N) is 3. The van der Waals surface area contributed by atoms with Crippen LogP contribution in [0.3, 0.4) is 0 Å². The SMILES string of the molecule is CC1(C)c2ccc(-c3nc(-c4ccccc4)nc(-c4cccc5c4sc4ccccc45)n3)cc2-c2ccc(-c3ccc4ccc5cccc6ccc3c4c56)cc21. The standard InChI is InChI=1S/C52H33N3S/c1-52(2)43-27-23-35(50-53-49(33-10-4-3-5-11-33)54-51(55-50)41-16-9-15-40-38-14-6-7-17-45(38)56-48(40)41)28-42(43)37-25-22-34(29-44(37)52)36-24-20-32-19-18-30-12-8-13-31-21-26-39(36)47(32)46(30)31/h3-29H,1-2H3. The molecule has 0 fully saturated rings. The summed E-state index contributed by atoms with van der Waals surface area (Å²) in [5.74, 6) is 2.03. The lowest BCUT2D eigenvalue weighted by Gasteiger charge is -2.22. The van der Waals surface area contributed by atoms with Crippen LogP contribution in [-0.4, -0.2) is 15.0 Å². The molecule has 4 heteroatoms. The maximum atomic E-state index is 5.24. The molecule has 0 atom stereocenters. The molecule has 2 heterocycles. The lowest BCUT2D eigenvalue weighted by Crippen LogP contribution is -2.15. The molecule has 2 aromatic heterocycles. The Bertz CT molecular complexity index is 3380. The smallest absolute Gasteiger partial charge is 0.165 e. The Labute approximate surface area is 327 Å². The molecule has 11 aromatic rings. The fourth-order valence-electron chi connectivity index (χ4n) is 9.31. The van der Waals surface area contributed by atoms with E-state index in [0.717, 1.165) is 16.7 Å². The van der Waals surface area contributed by atoms with Gasteiger partial charge in [-0.3, -0.25) is 0 Å². The highest BCUT2D eigenvalue weighted by molar-refractivity contribution is 7.26. The lowest BCUT2D eigenvalue weighted by molar-refractivity contribution is 0.660. The average Bonchev–Trinajstić information content (AvgIpc) is 3.74. The van der Waals surface area contributed by atoms with Crippen LogP contribution in [0, 0.1) is 0 Å². The molecule has 9 aromatic carbocycles. The maximum Gasteiger partial charge on any atom is 0.165 e. The van der Waals surface area contributed by atoms with E-state index >= 15 is 0 Å². The maximum absolute atomic E-state index is 5.24. The molecular weight excluding hydrogens is 699 g/mol. The van der Waals surface area contributed by atoms with Crippen molar-refractivity contribution < 1.29 is 0 Å². The highest BCUT2D eigenvalue weighted by Gasteiger charge is 2.36. The van der Waals surface area contributed by atoms with Gasteiger partial charge in [0.05, 0.1) is 0 Å². The summed E-state index contributed by atoms with van der Waals surface area (Å²) < 4.78 is 2.45. The second-order valence-electron chi connectivity index (χ2n) is 15.6. The largest absolute Gasteiger partial charge is 0.208 e. The zero-order chi connectivity index (χ0) is 37.1. The van der Waals surface area contributed by atoms with Crippen LogP contribution in [0.15, 0.2) is 164 Å². The summed E-state index contributed by atoms with van der Waals surface area (Å²) in [5.41, 5.74) is 10.5. The molecule has 0 aliphatic heterocycles. The summed E-state index contributed by atoms with van der Waals surface area (Å²) in [4.78, 5) is 15.5. The van der Waals surface area contributed by atoms with Gasteiger partial charge in [-0.05, 0) is 90.0 Å². The summed E-state index contributed by atoms with van der Waals surface area (Å²) in [7, 11) is 0. The molecule has 0 saturated heterocycles. The highest BCUT2D eigenvalue weighted by Crippen LogP contribution is 2.51. The first-order valence-electron chi connectivity index (χ1n) is 19.2. The number of rotatable bonds is 4. The average molecular weight is 732 g/mol. The van der Waals surface area contributed by atoms with Crippen molar-refractivity contribution in [3.63, 3.8) is 0 Å². The first-order valence-corrected chi connectivity index (χ1v) is 20.0. The van der Waals surface area contributed by atoms with Gasteiger partial charge in [0.2, 0.25) is 0 Å². The van der Waals surface area contributed by atoms with Gasteiger partial charge < -0.3 is 0 Å². The number of hydrogen-bond acceptors (Lipinski definition) is 4. The van der Waals surface area contributed by atoms with E-state index in [1.54, 1.807) is 11.3 Å². The summed E-state index contributed by atoms with van der Waals surface area (Å²) in [6, 6.07) is 59.5. The van der Waals surface area contributed by atoms with Crippen molar-refractivity contribution in [2.75, 3.05) is 0 Å². The molecular formula is C52H33N3S. The fraction of sp³-hybridized carbons (Fsp3) is 0.0577. The fourth-order valence-corrected chi connectivity index (χ4v) is 10.5. The van der Waals surface area contributed by atoms with Crippen molar-refractivity contribution in [2.24, 2.45) is 0 Å². The van der Waals surface area contributed by atoms with Crippen LogP contribution < -0.4 is 0 Å². The molecule has 1 aliphatic carbocycles. The van der Waals surface area contributed by atoms with E-state index in [-0.39, 0.29) is 5.41 Å². The van der Waals surface area contributed by atoms with E-state index in [4.69, 9.17) is 15.0 Å². The van der Waals surface area contributed by atoms with Crippen LogP contribution in [0.25, 0.3) is 109 Å². The molecule has 262 valence electrons. The van der Waals surface area contributed by atoms with Crippen LogP contribution in [-0.2, 0) is 5.41 Å². The Morgan fingerprint density at radius 1 is 0.393 bits per heavy atom. The third-order valence-corrected chi connectivity index (χ3v) is 13.3. The van der Waals surface area contributed by atoms with Gasteiger partial charge >= 0.3 is 0 Å². The van der Waals surface area contributed by atoms with E-state index in [1.165, 1.54) is 85.9 Å².